The van der Waals surface area contributed by atoms with Gasteiger partial charge in [-0.15, -0.1) is 0 Å². The summed E-state index contributed by atoms with van der Waals surface area (Å²) in [5.74, 6) is 0.0584. The van der Waals surface area contributed by atoms with Gasteiger partial charge < -0.3 is 10.6 Å². The molecule has 0 aromatic carbocycles. The molecule has 262 valence electrons. The van der Waals surface area contributed by atoms with Crippen LogP contribution >= 0.6 is 0 Å². The fraction of sp³-hybridized carbons (Fsp3) is 0.950. The lowest BCUT2D eigenvalue weighted by Crippen LogP contribution is -2.46. The van der Waals surface area contributed by atoms with Crippen LogP contribution in [0.15, 0.2) is 0 Å². The van der Waals surface area contributed by atoms with E-state index in [1.54, 1.807) is 0 Å². The Balaban J connectivity index is 3.67. The third kappa shape index (κ3) is 32.3. The van der Waals surface area contributed by atoms with Crippen LogP contribution in [0.4, 0.5) is 0 Å². The molecule has 0 aliphatic rings. The second-order valence-corrected chi connectivity index (χ2v) is 13.8. The number of rotatable bonds is 36. The third-order valence-corrected chi connectivity index (χ3v) is 9.34. The summed E-state index contributed by atoms with van der Waals surface area (Å²) in [7, 11) is 0. The Labute approximate surface area is 276 Å². The lowest BCUT2D eigenvalue weighted by Gasteiger charge is -2.18. The van der Waals surface area contributed by atoms with Gasteiger partial charge in [0.2, 0.25) is 11.8 Å². The van der Waals surface area contributed by atoms with Crippen molar-refractivity contribution in [3.05, 3.63) is 0 Å². The monoisotopic (exact) mass is 621 g/mol. The van der Waals surface area contributed by atoms with E-state index in [4.69, 9.17) is 0 Å². The van der Waals surface area contributed by atoms with Gasteiger partial charge in [0.05, 0.1) is 0 Å². The molecule has 0 unspecified atom stereocenters. The molecule has 0 saturated heterocycles. The molecule has 1 atom stereocenters. The number of amides is 2. The van der Waals surface area contributed by atoms with Gasteiger partial charge in [-0.25, -0.2) is 0 Å². The van der Waals surface area contributed by atoms with Crippen molar-refractivity contribution in [3.63, 3.8) is 0 Å². The number of hydrogen-bond acceptors (Lipinski definition) is 2. The normalized spacial score (nSPS) is 12.0. The summed E-state index contributed by atoms with van der Waals surface area (Å²) >= 11 is 0. The van der Waals surface area contributed by atoms with E-state index in [1.165, 1.54) is 167 Å². The second-order valence-electron chi connectivity index (χ2n) is 13.8. The topological polar surface area (TPSA) is 58.2 Å². The Kier molecular flexibility index (Phi) is 35.5. The van der Waals surface area contributed by atoms with Crippen molar-refractivity contribution in [2.75, 3.05) is 6.54 Å². The molecule has 0 spiro atoms. The first kappa shape index (κ1) is 42.9. The molecule has 2 amide bonds. The smallest absolute Gasteiger partial charge is 0.242 e. The Morgan fingerprint density at radius 1 is 0.409 bits per heavy atom. The minimum absolute atomic E-state index is 0.0101. The third-order valence-electron chi connectivity index (χ3n) is 9.34. The maximum absolute atomic E-state index is 12.8. The standard InChI is InChI=1S/C40H80N2O2/c1-4-7-10-12-14-16-18-19-20-21-22-23-24-25-26-27-29-31-33-36-39(43)42-38(35-9-6-3)40(44)41-37-34-32-30-28-17-15-13-11-8-5-2/h38H,4-37H2,1-3H3,(H,41,44)(H,42,43)/t38-/m0/s1. The lowest BCUT2D eigenvalue weighted by atomic mass is 10.0. The molecule has 0 fully saturated rings. The molecule has 0 saturated carbocycles. The summed E-state index contributed by atoms with van der Waals surface area (Å²) in [6.45, 7) is 7.42. The summed E-state index contributed by atoms with van der Waals surface area (Å²) in [6.07, 6.45) is 42.1. The van der Waals surface area contributed by atoms with Crippen molar-refractivity contribution in [3.8, 4) is 0 Å². The van der Waals surface area contributed by atoms with Crippen LogP contribution in [0.1, 0.15) is 233 Å². The van der Waals surface area contributed by atoms with Gasteiger partial charge in [-0.2, -0.15) is 0 Å². The molecule has 0 bridgehead atoms. The zero-order valence-corrected chi connectivity index (χ0v) is 30.4. The van der Waals surface area contributed by atoms with E-state index in [0.29, 0.717) is 6.42 Å². The van der Waals surface area contributed by atoms with Crippen LogP contribution in [0.5, 0.6) is 0 Å². The molecule has 0 aromatic rings. The number of carbonyl (C=O) groups is 2. The summed E-state index contributed by atoms with van der Waals surface area (Å²) in [4.78, 5) is 25.3. The molecule has 0 aliphatic carbocycles. The number of unbranched alkanes of at least 4 members (excludes halogenated alkanes) is 28. The molecule has 2 N–H and O–H groups in total. The lowest BCUT2D eigenvalue weighted by molar-refractivity contribution is -0.129. The zero-order chi connectivity index (χ0) is 32.2. The molecular weight excluding hydrogens is 540 g/mol. The largest absolute Gasteiger partial charge is 0.354 e. The Morgan fingerprint density at radius 2 is 0.727 bits per heavy atom. The summed E-state index contributed by atoms with van der Waals surface area (Å²) in [5.41, 5.74) is 0. The minimum Gasteiger partial charge on any atom is -0.354 e. The van der Waals surface area contributed by atoms with E-state index in [-0.39, 0.29) is 17.9 Å². The van der Waals surface area contributed by atoms with Gasteiger partial charge in [-0.1, -0.05) is 207 Å². The fourth-order valence-corrected chi connectivity index (χ4v) is 6.25. The molecule has 0 heterocycles. The van der Waals surface area contributed by atoms with Crippen LogP contribution in [0.2, 0.25) is 0 Å². The maximum atomic E-state index is 12.8. The van der Waals surface area contributed by atoms with E-state index < -0.39 is 0 Å². The van der Waals surface area contributed by atoms with Gasteiger partial charge in [0.15, 0.2) is 0 Å². The van der Waals surface area contributed by atoms with Crippen molar-refractivity contribution < 1.29 is 9.59 Å². The highest BCUT2D eigenvalue weighted by Crippen LogP contribution is 2.15. The van der Waals surface area contributed by atoms with Crippen LogP contribution in [0.3, 0.4) is 0 Å². The van der Waals surface area contributed by atoms with E-state index >= 15 is 0 Å². The quantitative estimate of drug-likeness (QED) is 0.0685. The van der Waals surface area contributed by atoms with Gasteiger partial charge in [0.1, 0.15) is 6.04 Å². The molecule has 0 aliphatic heterocycles. The van der Waals surface area contributed by atoms with E-state index in [2.05, 4.69) is 31.4 Å². The maximum Gasteiger partial charge on any atom is 0.242 e. The van der Waals surface area contributed by atoms with Gasteiger partial charge >= 0.3 is 0 Å². The van der Waals surface area contributed by atoms with Gasteiger partial charge in [-0.05, 0) is 19.3 Å². The van der Waals surface area contributed by atoms with Crippen molar-refractivity contribution >= 4 is 11.8 Å². The van der Waals surface area contributed by atoms with Gasteiger partial charge in [-0.3, -0.25) is 9.59 Å². The Hall–Kier alpha value is -1.06. The van der Waals surface area contributed by atoms with E-state index in [1.807, 2.05) is 0 Å². The predicted molar refractivity (Wildman–Crippen MR) is 194 cm³/mol. The molecule has 44 heavy (non-hydrogen) atoms. The average molecular weight is 621 g/mol. The highest BCUT2D eigenvalue weighted by Gasteiger charge is 2.19. The first-order chi connectivity index (χ1) is 21.7. The SMILES string of the molecule is CCCCCCCCCCCCCCCCCCCCCC(=O)N[C@@H](CCCC)C(=O)NCCCCCCCCCCCC. The van der Waals surface area contributed by atoms with Gasteiger partial charge in [0, 0.05) is 13.0 Å². The molecular formula is C40H80N2O2. The van der Waals surface area contributed by atoms with E-state index in [0.717, 1.165) is 45.1 Å². The number of nitrogens with one attached hydrogen (secondary N) is 2. The van der Waals surface area contributed by atoms with E-state index in [9.17, 15) is 9.59 Å². The fourth-order valence-electron chi connectivity index (χ4n) is 6.25. The minimum atomic E-state index is -0.370. The van der Waals surface area contributed by atoms with Crippen molar-refractivity contribution in [2.24, 2.45) is 0 Å². The first-order valence-electron chi connectivity index (χ1n) is 20.2. The van der Waals surface area contributed by atoms with Crippen molar-refractivity contribution in [1.82, 2.24) is 10.6 Å². The van der Waals surface area contributed by atoms with Crippen LogP contribution < -0.4 is 10.6 Å². The highest BCUT2D eigenvalue weighted by atomic mass is 16.2. The average Bonchev–Trinajstić information content (AvgIpc) is 3.02. The number of hydrogen-bond donors (Lipinski definition) is 2. The molecule has 0 radical (unpaired) electrons. The van der Waals surface area contributed by atoms with Crippen LogP contribution in [-0.2, 0) is 9.59 Å². The first-order valence-corrected chi connectivity index (χ1v) is 20.2. The molecule has 4 nitrogen and oxygen atoms in total. The van der Waals surface area contributed by atoms with Crippen molar-refractivity contribution in [1.29, 1.82) is 0 Å². The van der Waals surface area contributed by atoms with Gasteiger partial charge in [0.25, 0.3) is 0 Å². The number of carbonyl (C=O) groups excluding carboxylic acids is 2. The predicted octanol–water partition coefficient (Wildman–Crippen LogP) is 12.5. The Morgan fingerprint density at radius 3 is 1.09 bits per heavy atom. The zero-order valence-electron chi connectivity index (χ0n) is 30.4. The highest BCUT2D eigenvalue weighted by molar-refractivity contribution is 5.87. The molecule has 0 aromatic heterocycles. The van der Waals surface area contributed by atoms with Crippen LogP contribution in [-0.4, -0.2) is 24.4 Å². The van der Waals surface area contributed by atoms with Crippen molar-refractivity contribution in [2.45, 2.75) is 239 Å². The summed E-state index contributed by atoms with van der Waals surface area (Å²) in [5, 5.41) is 6.15. The summed E-state index contributed by atoms with van der Waals surface area (Å²) in [6, 6.07) is -0.370. The Bertz CT molecular complexity index is 594. The summed E-state index contributed by atoms with van der Waals surface area (Å²) < 4.78 is 0. The second kappa shape index (κ2) is 36.4. The molecule has 0 rings (SSSR count). The molecule has 4 heteroatoms. The van der Waals surface area contributed by atoms with Crippen LogP contribution in [0, 0.1) is 0 Å². The van der Waals surface area contributed by atoms with Crippen LogP contribution in [0.25, 0.3) is 0 Å².